The van der Waals surface area contributed by atoms with Gasteiger partial charge in [0.2, 0.25) is 5.91 Å². The first-order valence-electron chi connectivity index (χ1n) is 6.77. The summed E-state index contributed by atoms with van der Waals surface area (Å²) in [7, 11) is 0. The highest BCUT2D eigenvalue weighted by molar-refractivity contribution is 7.99. The van der Waals surface area contributed by atoms with Crippen molar-refractivity contribution in [1.29, 1.82) is 0 Å². The van der Waals surface area contributed by atoms with Gasteiger partial charge in [-0.3, -0.25) is 9.59 Å². The van der Waals surface area contributed by atoms with Crippen LogP contribution >= 0.6 is 11.8 Å². The third-order valence-corrected chi connectivity index (χ3v) is 4.26. The molecule has 18 heavy (non-hydrogen) atoms. The van der Waals surface area contributed by atoms with Gasteiger partial charge in [0.05, 0.1) is 0 Å². The van der Waals surface area contributed by atoms with E-state index in [4.69, 9.17) is 5.11 Å². The number of carbonyl (C=O) groups is 2. The topological polar surface area (TPSA) is 66.4 Å². The number of amides is 1. The van der Waals surface area contributed by atoms with Crippen LogP contribution in [0.25, 0.3) is 0 Å². The van der Waals surface area contributed by atoms with E-state index in [1.807, 2.05) is 11.8 Å². The van der Waals surface area contributed by atoms with E-state index in [-0.39, 0.29) is 18.2 Å². The average Bonchev–Trinajstić information content (AvgIpc) is 2.38. The van der Waals surface area contributed by atoms with Crippen molar-refractivity contribution in [2.24, 2.45) is 5.92 Å². The standard InChI is InChI=1S/C13H23NO3S/c15-12(16)5-3-1-2-4-8-14-13(17)11-6-9-18-10-7-11/h11H,1-10H2,(H,14,17)(H,15,16). The number of hydrogen-bond donors (Lipinski definition) is 2. The fraction of sp³-hybridized carbons (Fsp3) is 0.846. The zero-order valence-electron chi connectivity index (χ0n) is 10.8. The third kappa shape index (κ3) is 6.89. The molecule has 5 heteroatoms. The molecule has 1 heterocycles. The van der Waals surface area contributed by atoms with Gasteiger partial charge in [-0.15, -0.1) is 0 Å². The fourth-order valence-electron chi connectivity index (χ4n) is 2.07. The Morgan fingerprint density at radius 1 is 1.11 bits per heavy atom. The first-order chi connectivity index (χ1) is 8.70. The quantitative estimate of drug-likeness (QED) is 0.666. The Balaban J connectivity index is 1.93. The molecule has 1 saturated heterocycles. The van der Waals surface area contributed by atoms with E-state index in [2.05, 4.69) is 5.32 Å². The molecule has 4 nitrogen and oxygen atoms in total. The lowest BCUT2D eigenvalue weighted by molar-refractivity contribution is -0.137. The highest BCUT2D eigenvalue weighted by Crippen LogP contribution is 2.22. The van der Waals surface area contributed by atoms with Crippen molar-refractivity contribution >= 4 is 23.6 Å². The number of carboxylic acid groups (broad SMARTS) is 1. The van der Waals surface area contributed by atoms with Crippen LogP contribution in [0.2, 0.25) is 0 Å². The first kappa shape index (κ1) is 15.3. The number of carbonyl (C=O) groups excluding carboxylic acids is 1. The van der Waals surface area contributed by atoms with Crippen molar-refractivity contribution in [3.8, 4) is 0 Å². The van der Waals surface area contributed by atoms with Gasteiger partial charge in [0, 0.05) is 18.9 Å². The summed E-state index contributed by atoms with van der Waals surface area (Å²) >= 11 is 1.93. The smallest absolute Gasteiger partial charge is 0.303 e. The lowest BCUT2D eigenvalue weighted by Gasteiger charge is -2.20. The Morgan fingerprint density at radius 2 is 1.78 bits per heavy atom. The molecular weight excluding hydrogens is 250 g/mol. The number of carboxylic acids is 1. The Labute approximate surface area is 113 Å². The lowest BCUT2D eigenvalue weighted by atomic mass is 10.0. The van der Waals surface area contributed by atoms with Gasteiger partial charge >= 0.3 is 5.97 Å². The van der Waals surface area contributed by atoms with Crippen LogP contribution in [0.5, 0.6) is 0 Å². The molecule has 0 unspecified atom stereocenters. The van der Waals surface area contributed by atoms with E-state index in [9.17, 15) is 9.59 Å². The van der Waals surface area contributed by atoms with E-state index < -0.39 is 5.97 Å². The number of nitrogens with one attached hydrogen (secondary N) is 1. The number of rotatable bonds is 8. The molecule has 0 aromatic carbocycles. The van der Waals surface area contributed by atoms with Crippen LogP contribution in [0, 0.1) is 5.92 Å². The summed E-state index contributed by atoms with van der Waals surface area (Å²) in [4.78, 5) is 22.1. The Kier molecular flexibility index (Phi) is 7.89. The number of aliphatic carboxylic acids is 1. The van der Waals surface area contributed by atoms with Gasteiger partial charge in [-0.1, -0.05) is 12.8 Å². The second kappa shape index (κ2) is 9.25. The molecule has 1 aliphatic rings. The van der Waals surface area contributed by atoms with Crippen molar-refractivity contribution in [1.82, 2.24) is 5.32 Å². The van der Waals surface area contributed by atoms with Gasteiger partial charge in [-0.25, -0.2) is 0 Å². The van der Waals surface area contributed by atoms with Crippen molar-refractivity contribution < 1.29 is 14.7 Å². The van der Waals surface area contributed by atoms with E-state index >= 15 is 0 Å². The van der Waals surface area contributed by atoms with Crippen LogP contribution in [-0.4, -0.2) is 35.0 Å². The molecule has 0 saturated carbocycles. The first-order valence-corrected chi connectivity index (χ1v) is 7.93. The lowest BCUT2D eigenvalue weighted by Crippen LogP contribution is -2.33. The summed E-state index contributed by atoms with van der Waals surface area (Å²) in [5.74, 6) is 1.91. The summed E-state index contributed by atoms with van der Waals surface area (Å²) in [6, 6.07) is 0. The second-order valence-corrected chi connectivity index (χ2v) is 5.96. The van der Waals surface area contributed by atoms with Crippen molar-refractivity contribution in [3.63, 3.8) is 0 Å². The summed E-state index contributed by atoms with van der Waals surface area (Å²) in [6.07, 6.45) is 5.89. The summed E-state index contributed by atoms with van der Waals surface area (Å²) < 4.78 is 0. The molecular formula is C13H23NO3S. The fourth-order valence-corrected chi connectivity index (χ4v) is 3.18. The van der Waals surface area contributed by atoms with E-state index in [1.165, 1.54) is 0 Å². The molecule has 0 atom stereocenters. The Hall–Kier alpha value is -0.710. The van der Waals surface area contributed by atoms with E-state index in [0.29, 0.717) is 0 Å². The molecule has 0 aliphatic carbocycles. The van der Waals surface area contributed by atoms with Crippen LogP contribution in [0.3, 0.4) is 0 Å². The molecule has 1 amide bonds. The molecule has 0 bridgehead atoms. The maximum Gasteiger partial charge on any atom is 0.303 e. The largest absolute Gasteiger partial charge is 0.481 e. The summed E-state index contributed by atoms with van der Waals surface area (Å²) in [6.45, 7) is 0.732. The van der Waals surface area contributed by atoms with Gasteiger partial charge in [0.25, 0.3) is 0 Å². The number of hydrogen-bond acceptors (Lipinski definition) is 3. The molecule has 0 spiro atoms. The predicted octanol–water partition coefficient (Wildman–Crippen LogP) is 2.28. The molecule has 0 aromatic heterocycles. The average molecular weight is 273 g/mol. The Bertz CT molecular complexity index is 265. The minimum atomic E-state index is -0.724. The summed E-state index contributed by atoms with van der Waals surface area (Å²) in [5, 5.41) is 11.5. The summed E-state index contributed by atoms with van der Waals surface area (Å²) in [5.41, 5.74) is 0. The van der Waals surface area contributed by atoms with E-state index in [0.717, 1.165) is 56.6 Å². The van der Waals surface area contributed by atoms with Gasteiger partial charge in [0.15, 0.2) is 0 Å². The van der Waals surface area contributed by atoms with Gasteiger partial charge < -0.3 is 10.4 Å². The Morgan fingerprint density at radius 3 is 2.44 bits per heavy atom. The minimum absolute atomic E-state index is 0.209. The molecule has 1 rings (SSSR count). The zero-order chi connectivity index (χ0) is 13.2. The molecule has 2 N–H and O–H groups in total. The third-order valence-electron chi connectivity index (χ3n) is 3.21. The molecule has 1 aliphatic heterocycles. The monoisotopic (exact) mass is 273 g/mol. The van der Waals surface area contributed by atoms with Crippen molar-refractivity contribution in [2.75, 3.05) is 18.1 Å². The van der Waals surface area contributed by atoms with Crippen molar-refractivity contribution in [3.05, 3.63) is 0 Å². The van der Waals surface area contributed by atoms with Gasteiger partial charge in [0.1, 0.15) is 0 Å². The molecule has 0 radical (unpaired) electrons. The minimum Gasteiger partial charge on any atom is -0.481 e. The maximum atomic E-state index is 11.8. The van der Waals surface area contributed by atoms with Crippen LogP contribution in [0.4, 0.5) is 0 Å². The van der Waals surface area contributed by atoms with Crippen LogP contribution in [-0.2, 0) is 9.59 Å². The molecule has 104 valence electrons. The van der Waals surface area contributed by atoms with E-state index in [1.54, 1.807) is 0 Å². The second-order valence-electron chi connectivity index (χ2n) is 4.74. The van der Waals surface area contributed by atoms with Gasteiger partial charge in [-0.05, 0) is 37.2 Å². The maximum absolute atomic E-state index is 11.8. The highest BCUT2D eigenvalue weighted by Gasteiger charge is 2.20. The highest BCUT2D eigenvalue weighted by atomic mass is 32.2. The SMILES string of the molecule is O=C(O)CCCCCCNC(=O)C1CCSCC1. The van der Waals surface area contributed by atoms with Gasteiger partial charge in [-0.2, -0.15) is 11.8 Å². The predicted molar refractivity (Wildman–Crippen MR) is 73.8 cm³/mol. The normalized spacial score (nSPS) is 16.4. The van der Waals surface area contributed by atoms with Crippen LogP contribution < -0.4 is 5.32 Å². The number of unbranched alkanes of at least 4 members (excludes halogenated alkanes) is 3. The van der Waals surface area contributed by atoms with Crippen LogP contribution in [0.15, 0.2) is 0 Å². The molecule has 1 fully saturated rings. The molecule has 0 aromatic rings. The van der Waals surface area contributed by atoms with Crippen molar-refractivity contribution in [2.45, 2.75) is 44.9 Å². The number of thioether (sulfide) groups is 1. The zero-order valence-corrected chi connectivity index (χ0v) is 11.6. The van der Waals surface area contributed by atoms with Crippen LogP contribution in [0.1, 0.15) is 44.9 Å².